The van der Waals surface area contributed by atoms with E-state index < -0.39 is 32.3 Å². The van der Waals surface area contributed by atoms with Crippen LogP contribution in [0.3, 0.4) is 0 Å². The molecule has 0 spiro atoms. The van der Waals surface area contributed by atoms with Crippen molar-refractivity contribution in [2.75, 3.05) is 0 Å². The van der Waals surface area contributed by atoms with Crippen LogP contribution in [0, 0.1) is 0 Å². The second kappa shape index (κ2) is 18.6. The van der Waals surface area contributed by atoms with E-state index >= 15 is 0 Å². The fraction of sp³-hybridized carbons (Fsp3) is 0. The van der Waals surface area contributed by atoms with Crippen molar-refractivity contribution in [1.29, 1.82) is 0 Å². The largest absolute Gasteiger partial charge is 2.00 e. The summed E-state index contributed by atoms with van der Waals surface area (Å²) in [5.74, 6) is 0. The van der Waals surface area contributed by atoms with E-state index in [9.17, 15) is 0 Å². The summed E-state index contributed by atoms with van der Waals surface area (Å²) in [6.45, 7) is 0. The second-order valence-electron chi connectivity index (χ2n) is 8.34. The van der Waals surface area contributed by atoms with Gasteiger partial charge in [0.2, 0.25) is 0 Å². The third-order valence-corrected chi connectivity index (χ3v) is 10.8. The topological polar surface area (TPSA) is 0 Å². The molecular weight excluding hydrogens is 792 g/mol. The number of benzene rings is 4. The van der Waals surface area contributed by atoms with Crippen LogP contribution in [0.2, 0.25) is 0 Å². The minimum Gasteiger partial charge on any atom is -0.213 e. The van der Waals surface area contributed by atoms with Crippen molar-refractivity contribution < 1.29 is 33.5 Å². The third kappa shape index (κ3) is 9.66. The zero-order valence-corrected chi connectivity index (χ0v) is 28.2. The Hall–Kier alpha value is -1.77. The Morgan fingerprint density at radius 2 is 0.575 bits per heavy atom. The van der Waals surface area contributed by atoms with Gasteiger partial charge < -0.3 is 0 Å². The van der Waals surface area contributed by atoms with E-state index in [1.54, 1.807) is 0 Å². The van der Waals surface area contributed by atoms with Gasteiger partial charge in [0.1, 0.15) is 0 Å². The molecule has 0 unspecified atom stereocenters. The van der Waals surface area contributed by atoms with Gasteiger partial charge in [-0.15, -0.1) is 10.6 Å². The molecule has 0 radical (unpaired) electrons. The molecule has 0 saturated heterocycles. The molecular formula is C34H28Cl2FeP2Pt. The van der Waals surface area contributed by atoms with Gasteiger partial charge >= 0.3 is 52.4 Å². The van der Waals surface area contributed by atoms with E-state index in [0.29, 0.717) is 0 Å². The number of hydrogen-bond acceptors (Lipinski definition) is 0. The third-order valence-electron chi connectivity index (χ3n) is 5.86. The average Bonchev–Trinajstić information content (AvgIpc) is 3.72. The van der Waals surface area contributed by atoms with Gasteiger partial charge in [0.25, 0.3) is 0 Å². The molecule has 0 fully saturated rings. The second-order valence-corrected chi connectivity index (χ2v) is 16.1. The van der Waals surface area contributed by atoms with Crippen molar-refractivity contribution in [1.82, 2.24) is 0 Å². The summed E-state index contributed by atoms with van der Waals surface area (Å²) in [5.41, 5.74) is 0. The maximum atomic E-state index is 4.88. The van der Waals surface area contributed by atoms with Crippen LogP contribution < -0.4 is 31.8 Å². The zero-order chi connectivity index (χ0) is 27.1. The molecule has 6 aromatic rings. The summed E-state index contributed by atoms with van der Waals surface area (Å²) in [7, 11) is 8.93. The predicted molar refractivity (Wildman–Crippen MR) is 173 cm³/mol. The molecule has 0 aliphatic rings. The SMILES string of the molecule is [Cl][Pt][Cl].[Fe+2].c1ccc(P(c2ccccc2)[c-]2cccc2)cc1.c1ccc(P(c2ccccc2)[c-]2cccc2)cc1. The Kier molecular flexibility index (Phi) is 15.2. The molecule has 40 heavy (non-hydrogen) atoms. The molecule has 206 valence electrons. The van der Waals surface area contributed by atoms with Crippen molar-refractivity contribution in [3.63, 3.8) is 0 Å². The number of hydrogen-bond donors (Lipinski definition) is 0. The number of halogens is 2. The van der Waals surface area contributed by atoms with Crippen LogP contribution in [-0.2, 0) is 33.5 Å². The molecule has 0 aliphatic heterocycles. The van der Waals surface area contributed by atoms with E-state index in [1.807, 2.05) is 0 Å². The van der Waals surface area contributed by atoms with Gasteiger partial charge in [-0.25, -0.2) is 24.3 Å². The molecule has 0 saturated carbocycles. The van der Waals surface area contributed by atoms with Crippen molar-refractivity contribution in [2.45, 2.75) is 0 Å². The summed E-state index contributed by atoms with van der Waals surface area (Å²) in [6.07, 6.45) is 0. The summed E-state index contributed by atoms with van der Waals surface area (Å²) >= 11 is -0.472. The Morgan fingerprint density at radius 1 is 0.375 bits per heavy atom. The smallest absolute Gasteiger partial charge is 0.213 e. The fourth-order valence-corrected chi connectivity index (χ4v) is 8.84. The van der Waals surface area contributed by atoms with E-state index in [4.69, 9.17) is 18.8 Å². The summed E-state index contributed by atoms with van der Waals surface area (Å²) in [5, 5.41) is 8.47. The van der Waals surface area contributed by atoms with Crippen LogP contribution in [0.25, 0.3) is 0 Å². The first-order chi connectivity index (χ1) is 19.3. The normalized spacial score (nSPS) is 10.2. The molecule has 0 atom stereocenters. The molecule has 0 aliphatic carbocycles. The van der Waals surface area contributed by atoms with Gasteiger partial charge in [-0.2, -0.15) is 24.3 Å². The first-order valence-corrected chi connectivity index (χ1v) is 20.7. The van der Waals surface area contributed by atoms with E-state index in [1.165, 1.54) is 31.8 Å². The molecule has 0 aromatic heterocycles. The van der Waals surface area contributed by atoms with Crippen LogP contribution >= 0.6 is 34.7 Å². The van der Waals surface area contributed by atoms with Gasteiger partial charge in [-0.3, -0.25) is 0 Å². The monoisotopic (exact) mass is 819 g/mol. The first kappa shape index (κ1) is 32.7. The molecule has 0 N–H and O–H groups in total. The minimum atomic E-state index is -0.472. The van der Waals surface area contributed by atoms with Crippen molar-refractivity contribution in [3.8, 4) is 0 Å². The Balaban J connectivity index is 0.000000197. The molecule has 6 rings (SSSR count). The number of rotatable bonds is 6. The van der Waals surface area contributed by atoms with Crippen LogP contribution in [0.1, 0.15) is 0 Å². The molecule has 0 nitrogen and oxygen atoms in total. The maximum absolute atomic E-state index is 4.88. The van der Waals surface area contributed by atoms with E-state index in [2.05, 4.69) is 170 Å². The van der Waals surface area contributed by atoms with Crippen LogP contribution in [0.5, 0.6) is 0 Å². The molecule has 0 amide bonds. The summed E-state index contributed by atoms with van der Waals surface area (Å²) < 4.78 is 0. The van der Waals surface area contributed by atoms with Crippen LogP contribution in [0.15, 0.2) is 170 Å². The molecule has 6 heteroatoms. The predicted octanol–water partition coefficient (Wildman–Crippen LogP) is 7.70. The van der Waals surface area contributed by atoms with Crippen LogP contribution in [-0.4, -0.2) is 0 Å². The average molecular weight is 820 g/mol. The van der Waals surface area contributed by atoms with Gasteiger partial charge in [-0.05, 0) is 21.2 Å². The molecule has 6 aromatic carbocycles. The van der Waals surface area contributed by atoms with E-state index in [0.717, 1.165) is 0 Å². The maximum Gasteiger partial charge on any atom is 2.00 e. The van der Waals surface area contributed by atoms with Gasteiger partial charge in [0.15, 0.2) is 0 Å². The summed E-state index contributed by atoms with van der Waals surface area (Å²) in [6, 6.07) is 60.5. The first-order valence-electron chi connectivity index (χ1n) is 12.4. The Morgan fingerprint density at radius 3 is 0.775 bits per heavy atom. The standard InChI is InChI=1S/2C17H14P.2ClH.Fe.Pt/c2*1-3-9-15(10-4-1)18(17-13-7-8-14-17)16-11-5-2-6-12-16;;;;/h2*1-14H;2*1H;;/q2*-1;;;2*+2/p-2. The van der Waals surface area contributed by atoms with Gasteiger partial charge in [-0.1, -0.05) is 137 Å². The van der Waals surface area contributed by atoms with Crippen molar-refractivity contribution in [3.05, 3.63) is 170 Å². The van der Waals surface area contributed by atoms with Crippen molar-refractivity contribution in [2.24, 2.45) is 0 Å². The zero-order valence-electron chi connectivity index (χ0n) is 21.5. The Bertz CT molecular complexity index is 1240. The van der Waals surface area contributed by atoms with Crippen LogP contribution in [0.4, 0.5) is 0 Å². The minimum absolute atomic E-state index is 0. The molecule has 0 heterocycles. The van der Waals surface area contributed by atoms with Gasteiger partial charge in [0, 0.05) is 0 Å². The van der Waals surface area contributed by atoms with Crippen molar-refractivity contribution >= 4 is 66.5 Å². The molecule has 0 bridgehead atoms. The summed E-state index contributed by atoms with van der Waals surface area (Å²) in [4.78, 5) is 0. The quantitative estimate of drug-likeness (QED) is 0.0919. The Labute approximate surface area is 267 Å². The fourth-order valence-electron chi connectivity index (χ4n) is 4.23. The van der Waals surface area contributed by atoms with Gasteiger partial charge in [0.05, 0.1) is 0 Å². The van der Waals surface area contributed by atoms with E-state index in [-0.39, 0.29) is 17.1 Å².